The molecule has 2 nitrogen and oxygen atoms in total. The number of hydrogen-bond acceptors (Lipinski definition) is 3. The fraction of sp³-hybridized carbons (Fsp3) is 0.417. The molecule has 0 amide bonds. The number of likely N-dealkylation sites (N-methyl/N-ethyl adjacent to an activating group) is 1. The largest absolute Gasteiger partial charge is 0.295 e. The van der Waals surface area contributed by atoms with Gasteiger partial charge in [-0.3, -0.25) is 9.69 Å². The van der Waals surface area contributed by atoms with Crippen molar-refractivity contribution >= 4 is 40.7 Å². The minimum absolute atomic E-state index is 0.0622. The number of benzene rings is 1. The van der Waals surface area contributed by atoms with Gasteiger partial charge in [-0.1, -0.05) is 29.3 Å². The van der Waals surface area contributed by atoms with Crippen molar-refractivity contribution in [3.8, 4) is 0 Å². The second-order valence-electron chi connectivity index (χ2n) is 4.04. The van der Waals surface area contributed by atoms with E-state index in [1.165, 1.54) is 0 Å². The number of thioether (sulfide) groups is 1. The van der Waals surface area contributed by atoms with Crippen molar-refractivity contribution in [2.24, 2.45) is 0 Å². The molecule has 0 N–H and O–H groups in total. The Kier molecular flexibility index (Phi) is 4.36. The van der Waals surface area contributed by atoms with Gasteiger partial charge in [-0.05, 0) is 19.2 Å². The van der Waals surface area contributed by atoms with E-state index >= 15 is 0 Å². The molecule has 1 saturated heterocycles. The summed E-state index contributed by atoms with van der Waals surface area (Å²) in [7, 11) is 1.97. The van der Waals surface area contributed by atoms with Gasteiger partial charge in [-0.25, -0.2) is 0 Å². The first kappa shape index (κ1) is 13.2. The normalized spacial score (nSPS) is 21.5. The van der Waals surface area contributed by atoms with Crippen LogP contribution in [-0.2, 0) is 0 Å². The lowest BCUT2D eigenvalue weighted by molar-refractivity contribution is 0.0874. The molecule has 0 aromatic heterocycles. The van der Waals surface area contributed by atoms with Crippen LogP contribution in [-0.4, -0.2) is 41.8 Å². The molecule has 17 heavy (non-hydrogen) atoms. The Morgan fingerprint density at radius 3 is 2.94 bits per heavy atom. The number of hydrogen-bond donors (Lipinski definition) is 0. The van der Waals surface area contributed by atoms with Crippen LogP contribution in [0.5, 0.6) is 0 Å². The van der Waals surface area contributed by atoms with E-state index in [4.69, 9.17) is 23.2 Å². The Bertz CT molecular complexity index is 439. The molecule has 1 aliphatic heterocycles. The molecule has 92 valence electrons. The molecule has 1 aliphatic rings. The number of nitrogens with zero attached hydrogens (tertiary/aromatic N) is 1. The molecule has 1 aromatic rings. The zero-order chi connectivity index (χ0) is 12.4. The molecule has 2 rings (SSSR count). The van der Waals surface area contributed by atoms with Gasteiger partial charge in [0, 0.05) is 23.6 Å². The molecule has 5 heteroatoms. The van der Waals surface area contributed by atoms with Gasteiger partial charge in [0.05, 0.1) is 16.1 Å². The van der Waals surface area contributed by atoms with Crippen molar-refractivity contribution in [1.82, 2.24) is 4.90 Å². The van der Waals surface area contributed by atoms with E-state index in [-0.39, 0.29) is 11.8 Å². The third kappa shape index (κ3) is 2.79. The van der Waals surface area contributed by atoms with Crippen molar-refractivity contribution in [3.63, 3.8) is 0 Å². The van der Waals surface area contributed by atoms with Gasteiger partial charge < -0.3 is 0 Å². The number of carbonyl (C=O) groups is 1. The SMILES string of the molecule is CN1CCSCC1C(=O)c1cccc(Cl)c1Cl. The molecule has 0 spiro atoms. The summed E-state index contributed by atoms with van der Waals surface area (Å²) in [4.78, 5) is 14.5. The first-order chi connectivity index (χ1) is 8.11. The monoisotopic (exact) mass is 289 g/mol. The lowest BCUT2D eigenvalue weighted by atomic mass is 10.0. The lowest BCUT2D eigenvalue weighted by Crippen LogP contribution is -2.44. The molecule has 1 unspecified atom stereocenters. The van der Waals surface area contributed by atoms with Crippen LogP contribution in [0.4, 0.5) is 0 Å². The highest BCUT2D eigenvalue weighted by atomic mass is 35.5. The third-order valence-corrected chi connectivity index (χ3v) is 4.76. The number of halogens is 2. The second-order valence-corrected chi connectivity index (χ2v) is 5.97. The van der Waals surface area contributed by atoms with Crippen molar-refractivity contribution < 1.29 is 4.79 Å². The number of carbonyl (C=O) groups excluding carboxylic acids is 1. The van der Waals surface area contributed by atoms with Crippen LogP contribution >= 0.6 is 35.0 Å². The zero-order valence-electron chi connectivity index (χ0n) is 9.45. The van der Waals surface area contributed by atoms with Gasteiger partial charge in [-0.15, -0.1) is 0 Å². The smallest absolute Gasteiger partial charge is 0.182 e. The first-order valence-electron chi connectivity index (χ1n) is 5.37. The van der Waals surface area contributed by atoms with E-state index in [1.807, 2.05) is 7.05 Å². The molecular weight excluding hydrogens is 277 g/mol. The number of Topliss-reactive ketones (excluding diaryl/α,β-unsaturated/α-hetero) is 1. The minimum Gasteiger partial charge on any atom is -0.295 e. The summed E-state index contributed by atoms with van der Waals surface area (Å²) in [6.07, 6.45) is 0. The van der Waals surface area contributed by atoms with E-state index in [2.05, 4.69) is 4.90 Å². The molecule has 1 fully saturated rings. The van der Waals surface area contributed by atoms with E-state index in [1.54, 1.807) is 30.0 Å². The predicted octanol–water partition coefficient (Wildman–Crippen LogP) is 3.22. The summed E-state index contributed by atoms with van der Waals surface area (Å²) >= 11 is 13.8. The van der Waals surface area contributed by atoms with Crippen LogP contribution in [0.2, 0.25) is 10.0 Å². The average molecular weight is 290 g/mol. The molecule has 0 radical (unpaired) electrons. The zero-order valence-corrected chi connectivity index (χ0v) is 11.8. The van der Waals surface area contributed by atoms with Gasteiger partial charge in [-0.2, -0.15) is 11.8 Å². The summed E-state index contributed by atoms with van der Waals surface area (Å²) in [5.41, 5.74) is 0.526. The summed E-state index contributed by atoms with van der Waals surface area (Å²) in [6.45, 7) is 0.930. The van der Waals surface area contributed by atoms with Crippen molar-refractivity contribution in [2.75, 3.05) is 25.1 Å². The summed E-state index contributed by atoms with van der Waals surface area (Å²) in [5.74, 6) is 1.95. The van der Waals surface area contributed by atoms with Crippen LogP contribution < -0.4 is 0 Å². The standard InChI is InChI=1S/C12H13Cl2NOS/c1-15-5-6-17-7-10(15)12(16)8-3-2-4-9(13)11(8)14/h2-4,10H,5-7H2,1H3. The van der Waals surface area contributed by atoms with Gasteiger partial charge >= 0.3 is 0 Å². The topological polar surface area (TPSA) is 20.3 Å². The summed E-state index contributed by atoms with van der Waals surface area (Å²) in [5, 5.41) is 0.798. The van der Waals surface area contributed by atoms with Gasteiger partial charge in [0.2, 0.25) is 0 Å². The van der Waals surface area contributed by atoms with Gasteiger partial charge in [0.1, 0.15) is 0 Å². The summed E-state index contributed by atoms with van der Waals surface area (Å²) in [6, 6.07) is 5.10. The third-order valence-electron chi connectivity index (χ3n) is 2.92. The Morgan fingerprint density at radius 2 is 2.24 bits per heavy atom. The fourth-order valence-corrected chi connectivity index (χ4v) is 3.44. The molecule has 0 bridgehead atoms. The predicted molar refractivity (Wildman–Crippen MR) is 74.5 cm³/mol. The maximum absolute atomic E-state index is 12.4. The minimum atomic E-state index is -0.0929. The first-order valence-corrected chi connectivity index (χ1v) is 7.28. The fourth-order valence-electron chi connectivity index (χ4n) is 1.84. The van der Waals surface area contributed by atoms with Crippen LogP contribution in [0.1, 0.15) is 10.4 Å². The highest BCUT2D eigenvalue weighted by Crippen LogP contribution is 2.28. The molecule has 1 atom stereocenters. The Balaban J connectivity index is 2.27. The number of ketones is 1. The van der Waals surface area contributed by atoms with Crippen LogP contribution in [0, 0.1) is 0 Å². The van der Waals surface area contributed by atoms with E-state index in [0.717, 1.165) is 18.1 Å². The van der Waals surface area contributed by atoms with Crippen LogP contribution in [0.25, 0.3) is 0 Å². The summed E-state index contributed by atoms with van der Waals surface area (Å²) < 4.78 is 0. The lowest BCUT2D eigenvalue weighted by Gasteiger charge is -2.31. The van der Waals surface area contributed by atoms with Crippen molar-refractivity contribution in [3.05, 3.63) is 33.8 Å². The number of rotatable bonds is 2. The van der Waals surface area contributed by atoms with Crippen LogP contribution in [0.15, 0.2) is 18.2 Å². The molecule has 1 aromatic carbocycles. The average Bonchev–Trinajstić information content (AvgIpc) is 2.32. The maximum Gasteiger partial charge on any atom is 0.182 e. The maximum atomic E-state index is 12.4. The second kappa shape index (κ2) is 5.61. The van der Waals surface area contributed by atoms with Crippen LogP contribution in [0.3, 0.4) is 0 Å². The Hall–Kier alpha value is -0.220. The van der Waals surface area contributed by atoms with Gasteiger partial charge in [0.25, 0.3) is 0 Å². The quantitative estimate of drug-likeness (QED) is 0.780. The Morgan fingerprint density at radius 1 is 1.47 bits per heavy atom. The van der Waals surface area contributed by atoms with Crippen molar-refractivity contribution in [1.29, 1.82) is 0 Å². The highest BCUT2D eigenvalue weighted by molar-refractivity contribution is 7.99. The van der Waals surface area contributed by atoms with E-state index in [9.17, 15) is 4.79 Å². The molecule has 0 saturated carbocycles. The molecule has 1 heterocycles. The molecule has 0 aliphatic carbocycles. The Labute approximate surface area is 115 Å². The van der Waals surface area contributed by atoms with E-state index in [0.29, 0.717) is 15.6 Å². The highest BCUT2D eigenvalue weighted by Gasteiger charge is 2.28. The van der Waals surface area contributed by atoms with Gasteiger partial charge in [0.15, 0.2) is 5.78 Å². The molecular formula is C12H13Cl2NOS. The van der Waals surface area contributed by atoms with E-state index < -0.39 is 0 Å². The van der Waals surface area contributed by atoms with Crippen molar-refractivity contribution in [2.45, 2.75) is 6.04 Å².